The monoisotopic (exact) mass is 403 g/mol. The Morgan fingerprint density at radius 1 is 0.759 bits per heavy atom. The molecule has 0 aromatic carbocycles. The molecule has 0 atom stereocenters. The number of rotatable bonds is 19. The minimum absolute atomic E-state index is 0.0563. The van der Waals surface area contributed by atoms with Gasteiger partial charge in [-0.1, -0.05) is 96.8 Å². The summed E-state index contributed by atoms with van der Waals surface area (Å²) in [5.74, 6) is -0.330. The smallest absolute Gasteiger partial charge is 0.283 e. The van der Waals surface area contributed by atoms with Crippen molar-refractivity contribution in [2.75, 3.05) is 0 Å². The van der Waals surface area contributed by atoms with Crippen LogP contribution in [-0.4, -0.2) is 11.7 Å². The third kappa shape index (κ3) is 13.2. The van der Waals surface area contributed by atoms with Crippen LogP contribution in [0.5, 0.6) is 0 Å². The van der Waals surface area contributed by atoms with Gasteiger partial charge in [-0.05, 0) is 12.5 Å². The Morgan fingerprint density at radius 3 is 1.72 bits per heavy atom. The number of hydrogen-bond donors (Lipinski definition) is 1. The van der Waals surface area contributed by atoms with Crippen LogP contribution in [0.2, 0.25) is 0 Å². The average molecular weight is 404 g/mol. The van der Waals surface area contributed by atoms with Crippen molar-refractivity contribution in [3.05, 3.63) is 30.1 Å². The lowest BCUT2D eigenvalue weighted by Gasteiger charge is -2.04. The molecule has 0 fully saturated rings. The number of amides is 1. The molecule has 0 spiro atoms. The number of carbonyl (C=O) groups excluding carboxylic acids is 2. The van der Waals surface area contributed by atoms with E-state index in [0.29, 0.717) is 12.1 Å². The molecule has 0 bridgehead atoms. The van der Waals surface area contributed by atoms with Crippen LogP contribution in [0, 0.1) is 0 Å². The summed E-state index contributed by atoms with van der Waals surface area (Å²) in [6.07, 6.45) is 22.0. The van der Waals surface area contributed by atoms with Gasteiger partial charge in [0.05, 0.1) is 0 Å². The number of primary amides is 1. The Labute approximate surface area is 178 Å². The third-order valence-corrected chi connectivity index (χ3v) is 5.56. The number of ketones is 1. The van der Waals surface area contributed by atoms with Gasteiger partial charge in [0, 0.05) is 18.6 Å². The van der Waals surface area contributed by atoms with E-state index in [0.717, 1.165) is 12.8 Å². The molecule has 164 valence electrons. The van der Waals surface area contributed by atoms with Gasteiger partial charge in [-0.25, -0.2) is 0 Å². The van der Waals surface area contributed by atoms with Crippen molar-refractivity contribution in [1.82, 2.24) is 0 Å². The van der Waals surface area contributed by atoms with Crippen molar-refractivity contribution in [1.29, 1.82) is 0 Å². The zero-order valence-corrected chi connectivity index (χ0v) is 18.7. The summed E-state index contributed by atoms with van der Waals surface area (Å²) in [4.78, 5) is 23.5. The molecule has 0 aliphatic rings. The lowest BCUT2D eigenvalue weighted by atomic mass is 10.0. The van der Waals surface area contributed by atoms with E-state index < -0.39 is 5.91 Å². The molecule has 1 rings (SSSR count). The minimum atomic E-state index is -0.428. The second-order valence-corrected chi connectivity index (χ2v) is 8.30. The fraction of sp³-hybridized carbons (Fsp3) is 0.720. The van der Waals surface area contributed by atoms with Gasteiger partial charge in [0.1, 0.15) is 0 Å². The van der Waals surface area contributed by atoms with Crippen molar-refractivity contribution in [3.8, 4) is 0 Å². The first-order valence-corrected chi connectivity index (χ1v) is 11.9. The van der Waals surface area contributed by atoms with Crippen molar-refractivity contribution < 1.29 is 14.2 Å². The number of unbranched alkanes of at least 4 members (excludes halogenated alkanes) is 14. The maximum absolute atomic E-state index is 12.4. The summed E-state index contributed by atoms with van der Waals surface area (Å²) < 4.78 is 1.65. The van der Waals surface area contributed by atoms with Crippen molar-refractivity contribution >= 4 is 11.7 Å². The molecule has 0 aliphatic carbocycles. The molecule has 1 amide bonds. The number of carbonyl (C=O) groups is 2. The Morgan fingerprint density at radius 2 is 1.24 bits per heavy atom. The van der Waals surface area contributed by atoms with Crippen molar-refractivity contribution in [2.24, 2.45) is 5.73 Å². The molecule has 1 heterocycles. The zero-order chi connectivity index (χ0) is 21.2. The summed E-state index contributed by atoms with van der Waals surface area (Å²) >= 11 is 0. The molecule has 0 unspecified atom stereocenters. The molecule has 0 aliphatic heterocycles. The standard InChI is InChI=1S/C25H42N2O2/c1-2-3-4-5-6-7-8-9-10-11-12-13-14-15-16-20-24(28)23-19-17-18-21-27(23)22-25(26)29/h17-19,21H,2-16,20,22H2,1H3,(H-,26,29)/p+1. The molecular formula is C25H43N2O2+. The topological polar surface area (TPSA) is 64.0 Å². The maximum atomic E-state index is 12.4. The molecule has 1 aromatic heterocycles. The van der Waals surface area contributed by atoms with E-state index in [-0.39, 0.29) is 12.3 Å². The van der Waals surface area contributed by atoms with Gasteiger partial charge >= 0.3 is 0 Å². The zero-order valence-electron chi connectivity index (χ0n) is 18.7. The fourth-order valence-corrected chi connectivity index (χ4v) is 3.82. The van der Waals surface area contributed by atoms with Crippen LogP contribution in [0.4, 0.5) is 0 Å². The molecule has 0 radical (unpaired) electrons. The predicted molar refractivity (Wildman–Crippen MR) is 120 cm³/mol. The summed E-state index contributed by atoms with van der Waals surface area (Å²) in [7, 11) is 0. The number of nitrogens with zero attached hydrogens (tertiary/aromatic N) is 1. The van der Waals surface area contributed by atoms with Crippen LogP contribution in [0.3, 0.4) is 0 Å². The second-order valence-electron chi connectivity index (χ2n) is 8.30. The largest absolute Gasteiger partial charge is 0.364 e. The summed E-state index contributed by atoms with van der Waals surface area (Å²) in [6, 6.07) is 5.42. The van der Waals surface area contributed by atoms with Gasteiger partial charge in [0.25, 0.3) is 5.91 Å². The number of nitrogens with two attached hydrogens (primary N) is 1. The highest BCUT2D eigenvalue weighted by atomic mass is 16.1. The van der Waals surface area contributed by atoms with Gasteiger partial charge < -0.3 is 5.73 Å². The first kappa shape index (κ1) is 25.3. The summed E-state index contributed by atoms with van der Waals surface area (Å²) in [5.41, 5.74) is 5.84. The number of hydrogen-bond acceptors (Lipinski definition) is 2. The van der Waals surface area contributed by atoms with E-state index in [2.05, 4.69) is 6.92 Å². The van der Waals surface area contributed by atoms with Crippen LogP contribution in [0.1, 0.15) is 120 Å². The summed E-state index contributed by atoms with van der Waals surface area (Å²) in [6.45, 7) is 2.33. The molecule has 0 saturated heterocycles. The highest BCUT2D eigenvalue weighted by molar-refractivity contribution is 5.92. The van der Waals surface area contributed by atoms with Crippen LogP contribution >= 0.6 is 0 Å². The number of Topliss-reactive ketones (excluding diaryl/α,β-unsaturated/α-hetero) is 1. The van der Waals surface area contributed by atoms with E-state index in [1.807, 2.05) is 12.1 Å². The van der Waals surface area contributed by atoms with Gasteiger partial charge in [-0.2, -0.15) is 4.57 Å². The Bertz CT molecular complexity index is 572. The summed E-state index contributed by atoms with van der Waals surface area (Å²) in [5, 5.41) is 0. The molecule has 4 nitrogen and oxygen atoms in total. The lowest BCUT2D eigenvalue weighted by Crippen LogP contribution is -2.45. The Kier molecular flexibility index (Phi) is 15.0. The fourth-order valence-electron chi connectivity index (χ4n) is 3.82. The van der Waals surface area contributed by atoms with Gasteiger partial charge in [-0.3, -0.25) is 9.59 Å². The van der Waals surface area contributed by atoms with Crippen LogP contribution in [-0.2, 0) is 11.3 Å². The van der Waals surface area contributed by atoms with E-state index >= 15 is 0 Å². The van der Waals surface area contributed by atoms with Gasteiger partial charge in [0.2, 0.25) is 18.0 Å². The second kappa shape index (κ2) is 17.2. The van der Waals surface area contributed by atoms with Crippen LogP contribution < -0.4 is 10.3 Å². The molecule has 2 N–H and O–H groups in total. The predicted octanol–water partition coefficient (Wildman–Crippen LogP) is 5.90. The quantitative estimate of drug-likeness (QED) is 0.177. The SMILES string of the molecule is CCCCCCCCCCCCCCCCCC(=O)c1cccc[n+]1CC(N)=O. The van der Waals surface area contributed by atoms with E-state index in [4.69, 9.17) is 5.73 Å². The van der Waals surface area contributed by atoms with Gasteiger partial charge in [0.15, 0.2) is 6.20 Å². The Balaban J connectivity index is 1.97. The average Bonchev–Trinajstić information content (AvgIpc) is 2.70. The number of aromatic nitrogens is 1. The molecule has 4 heteroatoms. The highest BCUT2D eigenvalue weighted by Gasteiger charge is 2.19. The molecule has 0 saturated carbocycles. The van der Waals surface area contributed by atoms with Crippen LogP contribution in [0.25, 0.3) is 0 Å². The van der Waals surface area contributed by atoms with E-state index in [9.17, 15) is 9.59 Å². The van der Waals surface area contributed by atoms with E-state index in [1.54, 1.807) is 16.8 Å². The number of pyridine rings is 1. The highest BCUT2D eigenvalue weighted by Crippen LogP contribution is 2.14. The Hall–Kier alpha value is -1.71. The van der Waals surface area contributed by atoms with Crippen molar-refractivity contribution in [2.45, 2.75) is 116 Å². The maximum Gasteiger partial charge on any atom is 0.283 e. The van der Waals surface area contributed by atoms with Gasteiger partial charge in [-0.15, -0.1) is 0 Å². The molecule has 29 heavy (non-hydrogen) atoms. The van der Waals surface area contributed by atoms with E-state index in [1.165, 1.54) is 83.5 Å². The normalized spacial score (nSPS) is 10.9. The first-order chi connectivity index (χ1) is 14.1. The van der Waals surface area contributed by atoms with Crippen molar-refractivity contribution in [3.63, 3.8) is 0 Å². The lowest BCUT2D eigenvalue weighted by molar-refractivity contribution is -0.686. The first-order valence-electron chi connectivity index (χ1n) is 11.9. The molecule has 1 aromatic rings. The van der Waals surface area contributed by atoms with Crippen LogP contribution in [0.15, 0.2) is 24.4 Å². The molecular weight excluding hydrogens is 360 g/mol. The minimum Gasteiger partial charge on any atom is -0.364 e. The third-order valence-electron chi connectivity index (χ3n) is 5.56.